The summed E-state index contributed by atoms with van der Waals surface area (Å²) >= 11 is 1.03. The van der Waals surface area contributed by atoms with E-state index >= 15 is 0 Å². The Kier molecular flexibility index (Phi) is 4.37. The number of carboxylic acid groups (broad SMARTS) is 1. The maximum Gasteiger partial charge on any atom is 0.412 e. The number of rotatable bonds is 4. The van der Waals surface area contributed by atoms with Crippen LogP contribution in [0.1, 0.15) is 32.3 Å². The second-order valence-corrected chi connectivity index (χ2v) is 7.20. The molecule has 0 bridgehead atoms. The minimum atomic E-state index is -1.13. The molecule has 1 aliphatic rings. The van der Waals surface area contributed by atoms with Crippen molar-refractivity contribution in [1.29, 1.82) is 0 Å². The van der Waals surface area contributed by atoms with Crippen LogP contribution in [0.15, 0.2) is 48.5 Å². The van der Waals surface area contributed by atoms with Gasteiger partial charge in [-0.25, -0.2) is 9.59 Å². The molecule has 0 fully saturated rings. The summed E-state index contributed by atoms with van der Waals surface area (Å²) in [7, 11) is 0. The number of hydrogen-bond acceptors (Lipinski definition) is 5. The maximum atomic E-state index is 12.2. The fourth-order valence-corrected chi connectivity index (χ4v) is 4.08. The molecular weight excluding hydrogens is 364 g/mol. The van der Waals surface area contributed by atoms with Crippen LogP contribution in [0.2, 0.25) is 0 Å². The van der Waals surface area contributed by atoms with Gasteiger partial charge in [-0.2, -0.15) is 4.37 Å². The first-order valence-electron chi connectivity index (χ1n) is 8.38. The number of fused-ring (bicyclic) bond motifs is 3. The Morgan fingerprint density at radius 3 is 2.30 bits per heavy atom. The Morgan fingerprint density at radius 2 is 1.70 bits per heavy atom. The second kappa shape index (κ2) is 6.85. The standard InChI is InChI=1S/C20H16N2O4S/c1-11-17(19(23)24)18(22-27-11)21-20(25)26-10-16-14-8-4-2-6-12(14)13-7-3-5-9-15(13)16/h2-9,16H,10H2,1H3,(H,23,24)(H,21,22,25). The minimum absolute atomic E-state index is 0.00601. The molecule has 7 heteroatoms. The fraction of sp³-hybridized carbons (Fsp3) is 0.150. The quantitative estimate of drug-likeness (QED) is 0.695. The van der Waals surface area contributed by atoms with Gasteiger partial charge in [0.15, 0.2) is 5.82 Å². The normalized spacial score (nSPS) is 12.3. The topological polar surface area (TPSA) is 88.5 Å². The van der Waals surface area contributed by atoms with Crippen LogP contribution in [0, 0.1) is 6.92 Å². The van der Waals surface area contributed by atoms with Gasteiger partial charge in [-0.05, 0) is 40.7 Å². The van der Waals surface area contributed by atoms with E-state index in [1.807, 2.05) is 36.4 Å². The summed E-state index contributed by atoms with van der Waals surface area (Å²) in [6, 6.07) is 16.1. The highest BCUT2D eigenvalue weighted by molar-refractivity contribution is 7.06. The third kappa shape index (κ3) is 3.06. The van der Waals surface area contributed by atoms with Crippen molar-refractivity contribution in [2.24, 2.45) is 0 Å². The monoisotopic (exact) mass is 380 g/mol. The molecule has 4 rings (SSSR count). The average Bonchev–Trinajstić information content (AvgIpc) is 3.18. The second-order valence-electron chi connectivity index (χ2n) is 6.22. The van der Waals surface area contributed by atoms with Crippen molar-refractivity contribution in [1.82, 2.24) is 4.37 Å². The number of nitrogens with one attached hydrogen (secondary N) is 1. The number of carbonyl (C=O) groups is 2. The predicted molar refractivity (Wildman–Crippen MR) is 103 cm³/mol. The van der Waals surface area contributed by atoms with Crippen molar-refractivity contribution in [3.63, 3.8) is 0 Å². The summed E-state index contributed by atoms with van der Waals surface area (Å²) in [5.74, 6) is -1.17. The zero-order valence-electron chi connectivity index (χ0n) is 14.4. The maximum absolute atomic E-state index is 12.2. The highest BCUT2D eigenvalue weighted by Gasteiger charge is 2.29. The molecule has 0 aliphatic heterocycles. The molecule has 0 radical (unpaired) electrons. The van der Waals surface area contributed by atoms with Gasteiger partial charge in [0.25, 0.3) is 0 Å². The first-order chi connectivity index (χ1) is 13.1. The Balaban J connectivity index is 1.51. The number of carbonyl (C=O) groups excluding carboxylic acids is 1. The van der Waals surface area contributed by atoms with Crippen molar-refractivity contribution in [3.05, 3.63) is 70.1 Å². The minimum Gasteiger partial charge on any atom is -0.478 e. The van der Waals surface area contributed by atoms with E-state index in [2.05, 4.69) is 21.8 Å². The SMILES string of the molecule is Cc1snc(NC(=O)OCC2c3ccccc3-c3ccccc32)c1C(=O)O. The van der Waals surface area contributed by atoms with E-state index in [0.717, 1.165) is 33.8 Å². The smallest absolute Gasteiger partial charge is 0.412 e. The van der Waals surface area contributed by atoms with Crippen LogP contribution < -0.4 is 5.32 Å². The summed E-state index contributed by atoms with van der Waals surface area (Å²) in [6.45, 7) is 1.80. The predicted octanol–water partition coefficient (Wildman–Crippen LogP) is 4.51. The number of ether oxygens (including phenoxy) is 1. The number of nitrogens with zero attached hydrogens (tertiary/aromatic N) is 1. The summed E-state index contributed by atoms with van der Waals surface area (Å²) in [6.07, 6.45) is -0.718. The van der Waals surface area contributed by atoms with E-state index in [4.69, 9.17) is 4.74 Å². The summed E-state index contributed by atoms with van der Waals surface area (Å²) in [4.78, 5) is 24.0. The van der Waals surface area contributed by atoms with Gasteiger partial charge in [0.2, 0.25) is 0 Å². The first kappa shape index (κ1) is 17.2. The lowest BCUT2D eigenvalue weighted by atomic mass is 9.98. The van der Waals surface area contributed by atoms with Gasteiger partial charge in [0.1, 0.15) is 12.2 Å². The third-order valence-electron chi connectivity index (χ3n) is 4.64. The molecule has 136 valence electrons. The van der Waals surface area contributed by atoms with Gasteiger partial charge in [-0.3, -0.25) is 5.32 Å². The Bertz CT molecular complexity index is 998. The number of amides is 1. The van der Waals surface area contributed by atoms with Gasteiger partial charge in [-0.15, -0.1) is 0 Å². The van der Waals surface area contributed by atoms with Crippen LogP contribution in [0.3, 0.4) is 0 Å². The van der Waals surface area contributed by atoms with E-state index in [1.54, 1.807) is 6.92 Å². The molecule has 0 saturated carbocycles. The van der Waals surface area contributed by atoms with Gasteiger partial charge in [0, 0.05) is 10.8 Å². The van der Waals surface area contributed by atoms with E-state index in [9.17, 15) is 14.7 Å². The molecule has 1 aliphatic carbocycles. The largest absolute Gasteiger partial charge is 0.478 e. The first-order valence-corrected chi connectivity index (χ1v) is 9.15. The highest BCUT2D eigenvalue weighted by Crippen LogP contribution is 2.44. The van der Waals surface area contributed by atoms with Crippen LogP contribution in [0.25, 0.3) is 11.1 Å². The molecule has 6 nitrogen and oxygen atoms in total. The van der Waals surface area contributed by atoms with E-state index in [-0.39, 0.29) is 23.9 Å². The zero-order valence-corrected chi connectivity index (χ0v) is 15.2. The van der Waals surface area contributed by atoms with E-state index in [1.165, 1.54) is 0 Å². The fourth-order valence-electron chi connectivity index (χ4n) is 3.44. The van der Waals surface area contributed by atoms with Crippen molar-refractivity contribution in [3.8, 4) is 11.1 Å². The summed E-state index contributed by atoms with van der Waals surface area (Å²) < 4.78 is 9.39. The number of hydrogen-bond donors (Lipinski definition) is 2. The van der Waals surface area contributed by atoms with Crippen LogP contribution >= 0.6 is 11.5 Å². The van der Waals surface area contributed by atoms with Crippen LogP contribution in [-0.4, -0.2) is 28.1 Å². The molecule has 2 aromatic carbocycles. The van der Waals surface area contributed by atoms with Gasteiger partial charge >= 0.3 is 12.1 Å². The number of benzene rings is 2. The molecule has 0 saturated heterocycles. The van der Waals surface area contributed by atoms with E-state index in [0.29, 0.717) is 4.88 Å². The van der Waals surface area contributed by atoms with Crippen molar-refractivity contribution >= 4 is 29.4 Å². The van der Waals surface area contributed by atoms with Crippen molar-refractivity contribution in [2.45, 2.75) is 12.8 Å². The molecular formula is C20H16N2O4S. The number of aromatic nitrogens is 1. The lowest BCUT2D eigenvalue weighted by Crippen LogP contribution is -2.19. The molecule has 2 N–H and O–H groups in total. The van der Waals surface area contributed by atoms with Crippen LogP contribution in [0.4, 0.5) is 10.6 Å². The third-order valence-corrected chi connectivity index (χ3v) is 5.39. The zero-order chi connectivity index (χ0) is 19.0. The number of anilines is 1. The summed E-state index contributed by atoms with van der Waals surface area (Å²) in [5, 5.41) is 11.7. The molecule has 3 aromatic rings. The molecule has 0 atom stereocenters. The highest BCUT2D eigenvalue weighted by atomic mass is 32.1. The lowest BCUT2D eigenvalue weighted by Gasteiger charge is -2.14. The van der Waals surface area contributed by atoms with Crippen LogP contribution in [-0.2, 0) is 4.74 Å². The lowest BCUT2D eigenvalue weighted by molar-refractivity contribution is 0.0697. The van der Waals surface area contributed by atoms with Crippen LogP contribution in [0.5, 0.6) is 0 Å². The molecule has 1 heterocycles. The molecule has 1 amide bonds. The summed E-state index contributed by atoms with van der Waals surface area (Å²) in [5.41, 5.74) is 4.51. The van der Waals surface area contributed by atoms with E-state index < -0.39 is 12.1 Å². The molecule has 0 spiro atoms. The average molecular weight is 380 g/mol. The number of carboxylic acids is 1. The molecule has 27 heavy (non-hydrogen) atoms. The Labute approximate surface area is 159 Å². The Hall–Kier alpha value is -3.19. The van der Waals surface area contributed by atoms with Gasteiger partial charge in [-0.1, -0.05) is 48.5 Å². The number of aromatic carboxylic acids is 1. The molecule has 1 aromatic heterocycles. The van der Waals surface area contributed by atoms with Crippen molar-refractivity contribution < 1.29 is 19.4 Å². The van der Waals surface area contributed by atoms with Gasteiger partial charge < -0.3 is 9.84 Å². The molecule has 0 unspecified atom stereocenters. The number of aryl methyl sites for hydroxylation is 1. The van der Waals surface area contributed by atoms with Gasteiger partial charge in [0.05, 0.1) is 0 Å². The Morgan fingerprint density at radius 1 is 1.11 bits per heavy atom. The van der Waals surface area contributed by atoms with Crippen molar-refractivity contribution in [2.75, 3.05) is 11.9 Å².